The van der Waals surface area contributed by atoms with Crippen LogP contribution >= 0.6 is 11.8 Å². The predicted octanol–water partition coefficient (Wildman–Crippen LogP) is 3.69. The van der Waals surface area contributed by atoms with Crippen molar-refractivity contribution in [2.75, 3.05) is 18.1 Å². The standard InChI is InChI=1S/C16H25NOS/c1-4-19-8-7-18-16-12(2)9-14(10-13(16)3)11-17-15-5-6-15/h9-10,15,17H,4-8,11H2,1-3H3. The molecule has 2 nitrogen and oxygen atoms in total. The molecule has 1 fully saturated rings. The Hall–Kier alpha value is -0.670. The van der Waals surface area contributed by atoms with Gasteiger partial charge < -0.3 is 10.1 Å². The average Bonchev–Trinajstić information content (AvgIpc) is 3.18. The molecule has 1 saturated carbocycles. The fourth-order valence-electron chi connectivity index (χ4n) is 2.27. The third kappa shape index (κ3) is 4.73. The average molecular weight is 279 g/mol. The third-order valence-corrected chi connectivity index (χ3v) is 4.23. The molecule has 19 heavy (non-hydrogen) atoms. The maximum Gasteiger partial charge on any atom is 0.125 e. The second-order valence-corrected chi connectivity index (χ2v) is 6.65. The minimum Gasteiger partial charge on any atom is -0.492 e. The van der Waals surface area contributed by atoms with E-state index in [4.69, 9.17) is 4.74 Å². The van der Waals surface area contributed by atoms with Crippen molar-refractivity contribution in [1.29, 1.82) is 0 Å². The third-order valence-electron chi connectivity index (χ3n) is 3.37. The van der Waals surface area contributed by atoms with Crippen LogP contribution < -0.4 is 10.1 Å². The van der Waals surface area contributed by atoms with E-state index in [-0.39, 0.29) is 0 Å². The number of thioether (sulfide) groups is 1. The van der Waals surface area contributed by atoms with Gasteiger partial charge in [0.25, 0.3) is 0 Å². The van der Waals surface area contributed by atoms with Gasteiger partial charge >= 0.3 is 0 Å². The Kier molecular flexibility index (Phi) is 5.59. The summed E-state index contributed by atoms with van der Waals surface area (Å²) in [5.74, 6) is 3.31. The van der Waals surface area contributed by atoms with E-state index in [9.17, 15) is 0 Å². The molecule has 1 aromatic rings. The Morgan fingerprint density at radius 3 is 2.53 bits per heavy atom. The minimum atomic E-state index is 0.766. The normalized spacial score (nSPS) is 14.7. The first-order valence-electron chi connectivity index (χ1n) is 7.24. The lowest BCUT2D eigenvalue weighted by Crippen LogP contribution is -2.15. The van der Waals surface area contributed by atoms with E-state index in [1.165, 1.54) is 29.5 Å². The molecule has 0 spiro atoms. The van der Waals surface area contributed by atoms with Crippen molar-refractivity contribution in [3.05, 3.63) is 28.8 Å². The molecule has 1 N–H and O–H groups in total. The SMILES string of the molecule is CCSCCOc1c(C)cc(CNC2CC2)cc1C. The fraction of sp³-hybridized carbons (Fsp3) is 0.625. The molecule has 0 saturated heterocycles. The molecule has 0 heterocycles. The van der Waals surface area contributed by atoms with Crippen LogP contribution in [0.3, 0.4) is 0 Å². The molecule has 0 aliphatic heterocycles. The van der Waals surface area contributed by atoms with Crippen molar-refractivity contribution in [3.8, 4) is 5.75 Å². The van der Waals surface area contributed by atoms with Crippen LogP contribution in [0.5, 0.6) is 5.75 Å². The summed E-state index contributed by atoms with van der Waals surface area (Å²) in [6, 6.07) is 5.28. The van der Waals surface area contributed by atoms with E-state index < -0.39 is 0 Å². The zero-order chi connectivity index (χ0) is 13.7. The number of hydrogen-bond donors (Lipinski definition) is 1. The Morgan fingerprint density at radius 1 is 1.26 bits per heavy atom. The summed E-state index contributed by atoms with van der Waals surface area (Å²) < 4.78 is 5.92. The summed E-state index contributed by atoms with van der Waals surface area (Å²) >= 11 is 1.93. The van der Waals surface area contributed by atoms with Gasteiger partial charge in [-0.05, 0) is 49.1 Å². The van der Waals surface area contributed by atoms with Crippen molar-refractivity contribution in [2.45, 2.75) is 46.2 Å². The minimum absolute atomic E-state index is 0.766. The lowest BCUT2D eigenvalue weighted by Gasteiger charge is -2.14. The van der Waals surface area contributed by atoms with Crippen molar-refractivity contribution in [3.63, 3.8) is 0 Å². The highest BCUT2D eigenvalue weighted by Gasteiger charge is 2.20. The van der Waals surface area contributed by atoms with Crippen molar-refractivity contribution < 1.29 is 4.74 Å². The lowest BCUT2D eigenvalue weighted by molar-refractivity contribution is 0.339. The molecule has 0 amide bonds. The summed E-state index contributed by atoms with van der Waals surface area (Å²) in [4.78, 5) is 0. The molecule has 2 rings (SSSR count). The van der Waals surface area contributed by atoms with Crippen LogP contribution in [0.15, 0.2) is 12.1 Å². The van der Waals surface area contributed by atoms with E-state index >= 15 is 0 Å². The molecule has 1 aliphatic rings. The van der Waals surface area contributed by atoms with Gasteiger partial charge in [-0.2, -0.15) is 11.8 Å². The fourth-order valence-corrected chi connectivity index (χ4v) is 2.76. The van der Waals surface area contributed by atoms with E-state index in [2.05, 4.69) is 38.2 Å². The van der Waals surface area contributed by atoms with Gasteiger partial charge in [-0.25, -0.2) is 0 Å². The number of hydrogen-bond acceptors (Lipinski definition) is 3. The molecule has 0 aromatic heterocycles. The zero-order valence-electron chi connectivity index (χ0n) is 12.3. The van der Waals surface area contributed by atoms with E-state index in [0.29, 0.717) is 0 Å². The summed E-state index contributed by atoms with van der Waals surface area (Å²) in [5, 5.41) is 3.56. The smallest absolute Gasteiger partial charge is 0.125 e. The first kappa shape index (κ1) is 14.7. The first-order chi connectivity index (χ1) is 9.20. The van der Waals surface area contributed by atoms with Gasteiger partial charge in [0.05, 0.1) is 6.61 Å². The summed E-state index contributed by atoms with van der Waals surface area (Å²) in [6.07, 6.45) is 2.68. The molecular formula is C16H25NOS. The van der Waals surface area contributed by atoms with Gasteiger partial charge in [0.15, 0.2) is 0 Å². The topological polar surface area (TPSA) is 21.3 Å². The molecular weight excluding hydrogens is 254 g/mol. The van der Waals surface area contributed by atoms with Crippen LogP contribution in [0, 0.1) is 13.8 Å². The van der Waals surface area contributed by atoms with E-state index in [0.717, 1.165) is 36.4 Å². The van der Waals surface area contributed by atoms with Crippen LogP contribution in [0.4, 0.5) is 0 Å². The first-order valence-corrected chi connectivity index (χ1v) is 8.40. The Balaban J connectivity index is 1.91. The number of benzene rings is 1. The van der Waals surface area contributed by atoms with Crippen LogP contribution in [0.25, 0.3) is 0 Å². The molecule has 0 atom stereocenters. The summed E-state index contributed by atoms with van der Waals surface area (Å²) in [7, 11) is 0. The molecule has 106 valence electrons. The van der Waals surface area contributed by atoms with E-state index in [1.807, 2.05) is 11.8 Å². The summed E-state index contributed by atoms with van der Waals surface area (Å²) in [6.45, 7) is 8.27. The molecule has 0 bridgehead atoms. The zero-order valence-corrected chi connectivity index (χ0v) is 13.1. The van der Waals surface area contributed by atoms with Gasteiger partial charge in [0.2, 0.25) is 0 Å². The van der Waals surface area contributed by atoms with Crippen LogP contribution in [0.1, 0.15) is 36.5 Å². The Bertz CT molecular complexity index is 392. The Labute approximate surface area is 121 Å². The van der Waals surface area contributed by atoms with Gasteiger partial charge in [-0.1, -0.05) is 19.1 Å². The second kappa shape index (κ2) is 7.20. The van der Waals surface area contributed by atoms with Gasteiger partial charge in [-0.15, -0.1) is 0 Å². The lowest BCUT2D eigenvalue weighted by atomic mass is 10.1. The largest absolute Gasteiger partial charge is 0.492 e. The Morgan fingerprint density at radius 2 is 1.95 bits per heavy atom. The molecule has 3 heteroatoms. The predicted molar refractivity (Wildman–Crippen MR) is 84.3 cm³/mol. The number of nitrogens with one attached hydrogen (secondary N) is 1. The molecule has 1 aliphatic carbocycles. The maximum absolute atomic E-state index is 5.92. The number of ether oxygens (including phenoxy) is 1. The highest BCUT2D eigenvalue weighted by Crippen LogP contribution is 2.26. The quantitative estimate of drug-likeness (QED) is 0.733. The molecule has 1 aromatic carbocycles. The molecule has 0 unspecified atom stereocenters. The summed E-state index contributed by atoms with van der Waals surface area (Å²) in [5.41, 5.74) is 3.89. The van der Waals surface area contributed by atoms with Gasteiger partial charge in [0.1, 0.15) is 5.75 Å². The monoisotopic (exact) mass is 279 g/mol. The van der Waals surface area contributed by atoms with Gasteiger partial charge in [0, 0.05) is 18.3 Å². The van der Waals surface area contributed by atoms with Crippen LogP contribution in [-0.4, -0.2) is 24.2 Å². The second-order valence-electron chi connectivity index (χ2n) is 5.26. The van der Waals surface area contributed by atoms with Crippen LogP contribution in [0.2, 0.25) is 0 Å². The van der Waals surface area contributed by atoms with Crippen molar-refractivity contribution >= 4 is 11.8 Å². The van der Waals surface area contributed by atoms with Gasteiger partial charge in [-0.3, -0.25) is 0 Å². The van der Waals surface area contributed by atoms with Crippen molar-refractivity contribution in [2.24, 2.45) is 0 Å². The number of aryl methyl sites for hydroxylation is 2. The molecule has 0 radical (unpaired) electrons. The highest BCUT2D eigenvalue weighted by atomic mass is 32.2. The van der Waals surface area contributed by atoms with Crippen molar-refractivity contribution in [1.82, 2.24) is 5.32 Å². The van der Waals surface area contributed by atoms with E-state index in [1.54, 1.807) is 0 Å². The maximum atomic E-state index is 5.92. The van der Waals surface area contributed by atoms with Crippen LogP contribution in [-0.2, 0) is 6.54 Å². The number of rotatable bonds is 8. The highest BCUT2D eigenvalue weighted by molar-refractivity contribution is 7.99.